The summed E-state index contributed by atoms with van der Waals surface area (Å²) >= 11 is 6.13. The highest BCUT2D eigenvalue weighted by molar-refractivity contribution is 7.92. The molecule has 1 aliphatic rings. The van der Waals surface area contributed by atoms with E-state index in [0.717, 1.165) is 36.6 Å². The fourth-order valence-electron chi connectivity index (χ4n) is 3.45. The van der Waals surface area contributed by atoms with E-state index in [1.165, 1.54) is 32.4 Å². The van der Waals surface area contributed by atoms with Crippen molar-refractivity contribution in [2.24, 2.45) is 0 Å². The molecule has 2 rings (SSSR count). The maximum atomic E-state index is 12.6. The van der Waals surface area contributed by atoms with Crippen LogP contribution in [-0.4, -0.2) is 64.8 Å². The van der Waals surface area contributed by atoms with Crippen molar-refractivity contribution in [1.29, 1.82) is 0 Å². The van der Waals surface area contributed by atoms with Crippen LogP contribution in [0.3, 0.4) is 0 Å². The second-order valence-electron chi connectivity index (χ2n) is 7.10. The van der Waals surface area contributed by atoms with E-state index in [4.69, 9.17) is 16.3 Å². The summed E-state index contributed by atoms with van der Waals surface area (Å²) in [6, 6.07) is 3.75. The van der Waals surface area contributed by atoms with E-state index < -0.39 is 16.1 Å². The van der Waals surface area contributed by atoms with Gasteiger partial charge in [-0.25, -0.2) is 8.42 Å². The predicted octanol–water partition coefficient (Wildman–Crippen LogP) is 2.50. The predicted molar refractivity (Wildman–Crippen MR) is 113 cm³/mol. The molecular formula is C19H30ClN3O4S. The number of carbonyl (C=O) groups excluding carboxylic acids is 1. The zero-order valence-electron chi connectivity index (χ0n) is 16.8. The van der Waals surface area contributed by atoms with Gasteiger partial charge in [-0.05, 0) is 64.0 Å². The van der Waals surface area contributed by atoms with E-state index in [9.17, 15) is 13.2 Å². The molecule has 158 valence electrons. The fraction of sp³-hybridized carbons (Fsp3) is 0.632. The summed E-state index contributed by atoms with van der Waals surface area (Å²) in [6.07, 6.45) is 5.67. The number of ether oxygens (including phenoxy) is 1. The van der Waals surface area contributed by atoms with Crippen LogP contribution in [0.25, 0.3) is 0 Å². The number of hydrogen-bond acceptors (Lipinski definition) is 5. The third-order valence-corrected chi connectivity index (χ3v) is 6.41. The first-order valence-electron chi connectivity index (χ1n) is 9.57. The highest BCUT2D eigenvalue weighted by Gasteiger charge is 2.29. The second kappa shape index (κ2) is 10.3. The van der Waals surface area contributed by atoms with Crippen molar-refractivity contribution in [2.75, 3.05) is 43.8 Å². The fourth-order valence-corrected chi connectivity index (χ4v) is 4.86. The number of piperidine rings is 1. The minimum atomic E-state index is -3.68. The lowest BCUT2D eigenvalue weighted by Crippen LogP contribution is -2.48. The first kappa shape index (κ1) is 22.8. The lowest BCUT2D eigenvalue weighted by atomic mass is 10.1. The smallest absolute Gasteiger partial charge is 0.243 e. The average Bonchev–Trinajstić information content (AvgIpc) is 2.65. The molecule has 1 saturated heterocycles. The van der Waals surface area contributed by atoms with Gasteiger partial charge in [-0.1, -0.05) is 18.0 Å². The monoisotopic (exact) mass is 431 g/mol. The molecule has 0 bridgehead atoms. The van der Waals surface area contributed by atoms with Gasteiger partial charge in [-0.3, -0.25) is 9.10 Å². The topological polar surface area (TPSA) is 79.0 Å². The lowest BCUT2D eigenvalue weighted by molar-refractivity contribution is -0.121. The van der Waals surface area contributed by atoms with Crippen LogP contribution >= 0.6 is 11.6 Å². The minimum Gasteiger partial charge on any atom is -0.495 e. The summed E-state index contributed by atoms with van der Waals surface area (Å²) in [5, 5.41) is 3.13. The molecule has 1 heterocycles. The Morgan fingerprint density at radius 3 is 2.57 bits per heavy atom. The van der Waals surface area contributed by atoms with Gasteiger partial charge in [0.1, 0.15) is 11.8 Å². The summed E-state index contributed by atoms with van der Waals surface area (Å²) in [5.41, 5.74) is 0.323. The molecule has 0 spiro atoms. The number of anilines is 1. The average molecular weight is 432 g/mol. The van der Waals surface area contributed by atoms with Gasteiger partial charge in [0, 0.05) is 6.54 Å². The second-order valence-corrected chi connectivity index (χ2v) is 9.37. The summed E-state index contributed by atoms with van der Waals surface area (Å²) < 4.78 is 30.9. The zero-order chi connectivity index (χ0) is 20.7. The van der Waals surface area contributed by atoms with Gasteiger partial charge in [0.15, 0.2) is 0 Å². The summed E-state index contributed by atoms with van der Waals surface area (Å²) in [5.74, 6) is 0.102. The van der Waals surface area contributed by atoms with Gasteiger partial charge < -0.3 is 15.0 Å². The number of halogens is 1. The summed E-state index contributed by atoms with van der Waals surface area (Å²) in [6.45, 7) is 5.26. The molecule has 1 N–H and O–H groups in total. The molecule has 0 saturated carbocycles. The molecule has 0 radical (unpaired) electrons. The molecule has 1 aromatic rings. The van der Waals surface area contributed by atoms with Gasteiger partial charge in [-0.2, -0.15) is 0 Å². The molecule has 1 atom stereocenters. The molecule has 28 heavy (non-hydrogen) atoms. The Morgan fingerprint density at radius 1 is 1.32 bits per heavy atom. The Morgan fingerprint density at radius 2 is 2.00 bits per heavy atom. The molecule has 0 unspecified atom stereocenters. The van der Waals surface area contributed by atoms with Crippen LogP contribution in [0.1, 0.15) is 32.6 Å². The minimum absolute atomic E-state index is 0.280. The number of benzene rings is 1. The number of hydrogen-bond donors (Lipinski definition) is 1. The van der Waals surface area contributed by atoms with E-state index >= 15 is 0 Å². The van der Waals surface area contributed by atoms with Crippen molar-refractivity contribution in [3.63, 3.8) is 0 Å². The van der Waals surface area contributed by atoms with Gasteiger partial charge in [0.05, 0.1) is 24.1 Å². The van der Waals surface area contributed by atoms with Crippen molar-refractivity contribution >= 4 is 33.2 Å². The molecule has 1 aromatic carbocycles. The molecule has 9 heteroatoms. The number of sulfonamides is 1. The molecule has 1 amide bonds. The molecule has 1 fully saturated rings. The molecule has 1 aliphatic heterocycles. The van der Waals surface area contributed by atoms with Crippen molar-refractivity contribution < 1.29 is 17.9 Å². The van der Waals surface area contributed by atoms with Gasteiger partial charge >= 0.3 is 0 Å². The Labute approximate surface area is 173 Å². The van der Waals surface area contributed by atoms with Crippen molar-refractivity contribution in [2.45, 2.75) is 38.6 Å². The maximum absolute atomic E-state index is 12.6. The first-order valence-corrected chi connectivity index (χ1v) is 11.8. The van der Waals surface area contributed by atoms with Crippen molar-refractivity contribution in [3.05, 3.63) is 23.2 Å². The molecule has 7 nitrogen and oxygen atoms in total. The number of carbonyl (C=O) groups is 1. The van der Waals surface area contributed by atoms with Crippen LogP contribution in [0.15, 0.2) is 18.2 Å². The highest BCUT2D eigenvalue weighted by Crippen LogP contribution is 2.31. The number of likely N-dealkylation sites (tertiary alicyclic amines) is 1. The largest absolute Gasteiger partial charge is 0.495 e. The van der Waals surface area contributed by atoms with Crippen LogP contribution in [0, 0.1) is 0 Å². The third kappa shape index (κ3) is 6.25. The van der Waals surface area contributed by atoms with Gasteiger partial charge in [0.2, 0.25) is 15.9 Å². The van der Waals surface area contributed by atoms with E-state index in [-0.39, 0.29) is 10.9 Å². The van der Waals surface area contributed by atoms with Gasteiger partial charge in [0.25, 0.3) is 0 Å². The van der Waals surface area contributed by atoms with Crippen LogP contribution < -0.4 is 14.4 Å². The highest BCUT2D eigenvalue weighted by atomic mass is 35.5. The zero-order valence-corrected chi connectivity index (χ0v) is 18.4. The van der Waals surface area contributed by atoms with Crippen LogP contribution in [0.4, 0.5) is 5.69 Å². The normalized spacial score (nSPS) is 16.4. The van der Waals surface area contributed by atoms with E-state index in [0.29, 0.717) is 18.0 Å². The Balaban J connectivity index is 1.99. The Bertz CT molecular complexity index is 766. The van der Waals surface area contributed by atoms with Crippen molar-refractivity contribution in [3.8, 4) is 5.75 Å². The Hall–Kier alpha value is -1.51. The van der Waals surface area contributed by atoms with E-state index in [1.54, 1.807) is 19.1 Å². The molecule has 0 aliphatic carbocycles. The SMILES string of the molecule is COc1ccc(N([C@@H](C)C(=O)NCCCN2CCCCC2)S(C)(=O)=O)cc1Cl. The number of amides is 1. The van der Waals surface area contributed by atoms with Gasteiger partial charge in [-0.15, -0.1) is 0 Å². The molecular weight excluding hydrogens is 402 g/mol. The number of rotatable bonds is 9. The van der Waals surface area contributed by atoms with Crippen LogP contribution in [-0.2, 0) is 14.8 Å². The van der Waals surface area contributed by atoms with Crippen LogP contribution in [0.2, 0.25) is 5.02 Å². The molecule has 0 aromatic heterocycles. The lowest BCUT2D eigenvalue weighted by Gasteiger charge is -2.29. The summed E-state index contributed by atoms with van der Waals surface area (Å²) in [4.78, 5) is 15.0. The Kier molecular flexibility index (Phi) is 8.39. The standard InChI is InChI=1S/C19H30ClN3O4S/c1-15(19(24)21-10-7-13-22-11-5-4-6-12-22)23(28(3,25)26)16-8-9-18(27-2)17(20)14-16/h8-9,14-15H,4-7,10-13H2,1-3H3,(H,21,24)/t15-/m0/s1. The van der Waals surface area contributed by atoms with Crippen molar-refractivity contribution in [1.82, 2.24) is 10.2 Å². The van der Waals surface area contributed by atoms with Crippen LogP contribution in [0.5, 0.6) is 5.75 Å². The summed E-state index contributed by atoms with van der Waals surface area (Å²) in [7, 11) is -2.20. The number of nitrogens with one attached hydrogen (secondary N) is 1. The van der Waals surface area contributed by atoms with E-state index in [1.807, 2.05) is 0 Å². The number of nitrogens with zero attached hydrogens (tertiary/aromatic N) is 2. The maximum Gasteiger partial charge on any atom is 0.243 e. The quantitative estimate of drug-likeness (QED) is 0.608. The third-order valence-electron chi connectivity index (χ3n) is 4.88. The number of methoxy groups -OCH3 is 1. The first-order chi connectivity index (χ1) is 13.2. The van der Waals surface area contributed by atoms with E-state index in [2.05, 4.69) is 10.2 Å².